The first kappa shape index (κ1) is 29.1. The first-order chi connectivity index (χ1) is 18.3. The topological polar surface area (TPSA) is 40.6 Å². The third kappa shape index (κ3) is 7.32. The zero-order valence-electron chi connectivity index (χ0n) is 23.5. The normalized spacial score (nSPS) is 11.6. The lowest BCUT2D eigenvalue weighted by molar-refractivity contribution is -0.134. The lowest BCUT2D eigenvalue weighted by Crippen LogP contribution is -2.49. The van der Waals surface area contributed by atoms with Crippen molar-refractivity contribution in [1.29, 1.82) is 0 Å². The highest BCUT2D eigenvalue weighted by Gasteiger charge is 2.30. The number of hydrogen-bond acceptors (Lipinski definition) is 3. The van der Waals surface area contributed by atoms with Crippen LogP contribution in [0.5, 0.6) is 0 Å². The quantitative estimate of drug-likeness (QED) is 0.227. The SMILES string of the molecule is CC.CC(C)c1cccc(C(=O)N(C)[C@H](Cc2ccc3ccccc3c2)C(=O)N(C)CCc2cccs2)c1. The Kier molecular flexibility index (Phi) is 10.7. The molecule has 0 aliphatic heterocycles. The van der Waals surface area contributed by atoms with Gasteiger partial charge in [0.15, 0.2) is 0 Å². The summed E-state index contributed by atoms with van der Waals surface area (Å²) >= 11 is 1.70. The second kappa shape index (κ2) is 13.9. The van der Waals surface area contributed by atoms with Crippen LogP contribution in [0.15, 0.2) is 84.2 Å². The molecule has 1 atom stereocenters. The Labute approximate surface area is 231 Å². The molecule has 5 heteroatoms. The van der Waals surface area contributed by atoms with Gasteiger partial charge in [0.1, 0.15) is 6.04 Å². The zero-order valence-corrected chi connectivity index (χ0v) is 24.3. The molecule has 38 heavy (non-hydrogen) atoms. The lowest BCUT2D eigenvalue weighted by atomic mass is 9.98. The van der Waals surface area contributed by atoms with Gasteiger partial charge in [-0.05, 0) is 57.8 Å². The predicted molar refractivity (Wildman–Crippen MR) is 161 cm³/mol. The van der Waals surface area contributed by atoms with Gasteiger partial charge < -0.3 is 9.80 Å². The molecular weight excluding hydrogens is 488 g/mol. The van der Waals surface area contributed by atoms with Gasteiger partial charge >= 0.3 is 0 Å². The summed E-state index contributed by atoms with van der Waals surface area (Å²) in [6, 6.07) is 25.7. The molecule has 1 aromatic heterocycles. The van der Waals surface area contributed by atoms with Crippen LogP contribution in [0.2, 0.25) is 0 Å². The van der Waals surface area contributed by atoms with E-state index in [4.69, 9.17) is 0 Å². The van der Waals surface area contributed by atoms with Gasteiger partial charge in [-0.3, -0.25) is 9.59 Å². The van der Waals surface area contributed by atoms with E-state index >= 15 is 0 Å². The minimum atomic E-state index is -0.602. The lowest BCUT2D eigenvalue weighted by Gasteiger charge is -2.31. The van der Waals surface area contributed by atoms with Crippen molar-refractivity contribution in [2.75, 3.05) is 20.6 Å². The van der Waals surface area contributed by atoms with E-state index in [1.165, 1.54) is 4.88 Å². The number of amides is 2. The summed E-state index contributed by atoms with van der Waals surface area (Å²) in [6.45, 7) is 8.84. The molecule has 0 aliphatic rings. The molecule has 0 bridgehead atoms. The standard InChI is InChI=1S/C31H34N2O2S.C2H6/c1-22(2)25-11-7-12-27(21-25)30(34)33(4)29(31(35)32(3)17-16-28-13-8-18-36-28)20-23-14-15-24-9-5-6-10-26(24)19-23;1-2/h5-15,18-19,21-22,29H,16-17,20H2,1-4H3;1-2H3/t29-;/m1./s1. The molecular formula is C33H40N2O2S. The third-order valence-electron chi connectivity index (χ3n) is 6.77. The maximum Gasteiger partial charge on any atom is 0.254 e. The van der Waals surface area contributed by atoms with Crippen LogP contribution in [0, 0.1) is 0 Å². The Balaban J connectivity index is 0.00000195. The molecule has 2 amide bonds. The second-order valence-corrected chi connectivity index (χ2v) is 10.7. The van der Waals surface area contributed by atoms with Crippen LogP contribution in [0.25, 0.3) is 10.8 Å². The molecule has 0 spiro atoms. The van der Waals surface area contributed by atoms with Gasteiger partial charge in [0.25, 0.3) is 5.91 Å². The summed E-state index contributed by atoms with van der Waals surface area (Å²) in [4.78, 5) is 32.0. The van der Waals surface area contributed by atoms with Crippen molar-refractivity contribution in [3.05, 3.63) is 106 Å². The minimum absolute atomic E-state index is 0.0458. The zero-order chi connectivity index (χ0) is 27.7. The van der Waals surface area contributed by atoms with Gasteiger partial charge in [-0.15, -0.1) is 11.3 Å². The molecule has 0 unspecified atom stereocenters. The highest BCUT2D eigenvalue weighted by Crippen LogP contribution is 2.21. The average molecular weight is 529 g/mol. The van der Waals surface area contributed by atoms with Crippen LogP contribution in [0.4, 0.5) is 0 Å². The monoisotopic (exact) mass is 528 g/mol. The molecule has 0 saturated heterocycles. The highest BCUT2D eigenvalue weighted by molar-refractivity contribution is 7.09. The van der Waals surface area contributed by atoms with E-state index in [0.29, 0.717) is 24.4 Å². The molecule has 4 aromatic rings. The smallest absolute Gasteiger partial charge is 0.254 e. The van der Waals surface area contributed by atoms with Gasteiger partial charge in [-0.2, -0.15) is 0 Å². The molecule has 4 nitrogen and oxygen atoms in total. The number of likely N-dealkylation sites (N-methyl/N-ethyl adjacent to an activating group) is 2. The van der Waals surface area contributed by atoms with E-state index < -0.39 is 6.04 Å². The summed E-state index contributed by atoms with van der Waals surface area (Å²) in [5.74, 6) is 0.139. The molecule has 0 aliphatic carbocycles. The number of nitrogens with zero attached hydrogens (tertiary/aromatic N) is 2. The summed E-state index contributed by atoms with van der Waals surface area (Å²) < 4.78 is 0. The fourth-order valence-corrected chi connectivity index (χ4v) is 5.15. The number of fused-ring (bicyclic) bond motifs is 1. The number of benzene rings is 3. The van der Waals surface area contributed by atoms with Gasteiger partial charge in [0, 0.05) is 37.5 Å². The van der Waals surface area contributed by atoms with Crippen molar-refractivity contribution in [3.8, 4) is 0 Å². The molecule has 0 saturated carbocycles. The van der Waals surface area contributed by atoms with Crippen LogP contribution >= 0.6 is 11.3 Å². The van der Waals surface area contributed by atoms with E-state index in [9.17, 15) is 9.59 Å². The van der Waals surface area contributed by atoms with E-state index in [2.05, 4.69) is 55.6 Å². The first-order valence-electron chi connectivity index (χ1n) is 13.5. The summed E-state index contributed by atoms with van der Waals surface area (Å²) in [7, 11) is 3.59. The van der Waals surface area contributed by atoms with Gasteiger partial charge in [-0.25, -0.2) is 0 Å². The molecule has 3 aromatic carbocycles. The minimum Gasteiger partial charge on any atom is -0.344 e. The largest absolute Gasteiger partial charge is 0.344 e. The van der Waals surface area contributed by atoms with E-state index in [1.807, 2.05) is 63.4 Å². The summed E-state index contributed by atoms with van der Waals surface area (Å²) in [6.07, 6.45) is 1.26. The van der Waals surface area contributed by atoms with Crippen molar-refractivity contribution >= 4 is 33.9 Å². The maximum atomic E-state index is 13.8. The van der Waals surface area contributed by atoms with Gasteiger partial charge in [0.05, 0.1) is 0 Å². The fraction of sp³-hybridized carbons (Fsp3) is 0.333. The van der Waals surface area contributed by atoms with Crippen LogP contribution in [-0.2, 0) is 17.6 Å². The van der Waals surface area contributed by atoms with Crippen LogP contribution in [0.1, 0.15) is 60.0 Å². The first-order valence-corrected chi connectivity index (χ1v) is 14.3. The number of rotatable bonds is 9. The Morgan fingerprint density at radius 1 is 0.842 bits per heavy atom. The molecule has 0 fully saturated rings. The molecule has 0 N–H and O–H groups in total. The Morgan fingerprint density at radius 2 is 1.58 bits per heavy atom. The van der Waals surface area contributed by atoms with Crippen molar-refractivity contribution in [3.63, 3.8) is 0 Å². The number of carbonyl (C=O) groups excluding carboxylic acids is 2. The maximum absolute atomic E-state index is 13.8. The van der Waals surface area contributed by atoms with E-state index in [0.717, 1.165) is 28.3 Å². The molecule has 4 rings (SSSR count). The van der Waals surface area contributed by atoms with Gasteiger partial charge in [-0.1, -0.05) is 88.4 Å². The van der Waals surface area contributed by atoms with Crippen molar-refractivity contribution in [1.82, 2.24) is 9.80 Å². The van der Waals surface area contributed by atoms with Crippen molar-refractivity contribution in [2.24, 2.45) is 0 Å². The number of hydrogen-bond donors (Lipinski definition) is 0. The highest BCUT2D eigenvalue weighted by atomic mass is 32.1. The Bertz CT molecular complexity index is 1330. The predicted octanol–water partition coefficient (Wildman–Crippen LogP) is 7.44. The molecule has 200 valence electrons. The second-order valence-electron chi connectivity index (χ2n) is 9.69. The van der Waals surface area contributed by atoms with Gasteiger partial charge in [0.2, 0.25) is 5.91 Å². The summed E-state index contributed by atoms with van der Waals surface area (Å²) in [5, 5.41) is 4.34. The fourth-order valence-electron chi connectivity index (χ4n) is 4.45. The van der Waals surface area contributed by atoms with Crippen LogP contribution < -0.4 is 0 Å². The van der Waals surface area contributed by atoms with Crippen molar-refractivity contribution in [2.45, 2.75) is 52.5 Å². The molecule has 0 radical (unpaired) electrons. The van der Waals surface area contributed by atoms with Crippen molar-refractivity contribution < 1.29 is 9.59 Å². The van der Waals surface area contributed by atoms with Crippen LogP contribution in [-0.4, -0.2) is 48.3 Å². The third-order valence-corrected chi connectivity index (χ3v) is 7.70. The van der Waals surface area contributed by atoms with E-state index in [1.54, 1.807) is 28.2 Å². The number of thiophene rings is 1. The number of carbonyl (C=O) groups is 2. The molecule has 1 heterocycles. The van der Waals surface area contributed by atoms with E-state index in [-0.39, 0.29) is 11.8 Å². The Hall–Kier alpha value is -3.44. The summed E-state index contributed by atoms with van der Waals surface area (Å²) in [5.41, 5.74) is 2.76. The van der Waals surface area contributed by atoms with Crippen LogP contribution in [0.3, 0.4) is 0 Å². The Morgan fingerprint density at radius 3 is 2.26 bits per heavy atom. The average Bonchev–Trinajstić information content (AvgIpc) is 3.48.